The number of hydrogen-bond donors (Lipinski definition) is 2. The minimum absolute atomic E-state index is 0.0577. The monoisotopic (exact) mass is 481 g/mol. The van der Waals surface area contributed by atoms with E-state index in [2.05, 4.69) is 9.62 Å². The van der Waals surface area contributed by atoms with Crippen molar-refractivity contribution in [3.05, 3.63) is 77.9 Å². The zero-order valence-electron chi connectivity index (χ0n) is 19.1. The van der Waals surface area contributed by atoms with E-state index in [1.165, 1.54) is 12.1 Å². The summed E-state index contributed by atoms with van der Waals surface area (Å²) in [6, 6.07) is 19.0. The zero-order chi connectivity index (χ0) is 24.3. The number of anilines is 3. The van der Waals surface area contributed by atoms with E-state index in [9.17, 15) is 18.3 Å². The Kier molecular flexibility index (Phi) is 6.65. The van der Waals surface area contributed by atoms with E-state index in [4.69, 9.17) is 4.74 Å². The minimum atomic E-state index is -3.83. The van der Waals surface area contributed by atoms with Crippen LogP contribution in [0, 0.1) is 6.92 Å². The van der Waals surface area contributed by atoms with Gasteiger partial charge in [0, 0.05) is 37.6 Å². The number of methoxy groups -OCH3 is 1. The van der Waals surface area contributed by atoms with E-state index < -0.39 is 16.0 Å². The fourth-order valence-corrected chi connectivity index (χ4v) is 5.20. The van der Waals surface area contributed by atoms with E-state index in [1.54, 1.807) is 31.4 Å². The van der Waals surface area contributed by atoms with Gasteiger partial charge in [-0.05, 0) is 67.1 Å². The van der Waals surface area contributed by atoms with Gasteiger partial charge >= 0.3 is 5.97 Å². The van der Waals surface area contributed by atoms with Gasteiger partial charge in [0.15, 0.2) is 0 Å². The van der Waals surface area contributed by atoms with E-state index in [-0.39, 0.29) is 16.1 Å². The molecule has 0 amide bonds. The molecule has 0 radical (unpaired) electrons. The summed E-state index contributed by atoms with van der Waals surface area (Å²) in [7, 11) is -2.20. The van der Waals surface area contributed by atoms with Crippen molar-refractivity contribution in [3.63, 3.8) is 0 Å². The van der Waals surface area contributed by atoms with Gasteiger partial charge in [0.1, 0.15) is 5.75 Å². The van der Waals surface area contributed by atoms with Gasteiger partial charge in [0.05, 0.1) is 23.3 Å². The number of piperazine rings is 1. The average molecular weight is 482 g/mol. The molecule has 0 aliphatic carbocycles. The Bertz CT molecular complexity index is 1280. The number of ether oxygens (including phenoxy) is 1. The van der Waals surface area contributed by atoms with Crippen LogP contribution in [0.1, 0.15) is 15.9 Å². The van der Waals surface area contributed by atoms with Gasteiger partial charge in [-0.1, -0.05) is 12.1 Å². The van der Waals surface area contributed by atoms with Crippen LogP contribution in [0.15, 0.2) is 71.6 Å². The molecule has 3 aromatic rings. The van der Waals surface area contributed by atoms with Gasteiger partial charge in [-0.15, -0.1) is 0 Å². The van der Waals surface area contributed by atoms with Gasteiger partial charge in [-0.2, -0.15) is 0 Å². The molecule has 0 spiro atoms. The molecule has 0 saturated carbocycles. The Hall–Kier alpha value is -3.72. The molecular formula is C25H27N3O5S. The number of sulfonamides is 1. The lowest BCUT2D eigenvalue weighted by Gasteiger charge is -2.38. The van der Waals surface area contributed by atoms with Crippen molar-refractivity contribution < 1.29 is 23.1 Å². The average Bonchev–Trinajstić information content (AvgIpc) is 2.84. The number of carbonyl (C=O) groups is 1. The van der Waals surface area contributed by atoms with Crippen LogP contribution < -0.4 is 19.3 Å². The van der Waals surface area contributed by atoms with Crippen molar-refractivity contribution in [1.29, 1.82) is 0 Å². The first-order chi connectivity index (χ1) is 16.3. The van der Waals surface area contributed by atoms with Crippen molar-refractivity contribution in [3.8, 4) is 5.75 Å². The number of hydrogen-bond acceptors (Lipinski definition) is 6. The van der Waals surface area contributed by atoms with E-state index in [0.717, 1.165) is 30.1 Å². The lowest BCUT2D eigenvalue weighted by molar-refractivity contribution is 0.0697. The molecule has 1 aliphatic rings. The van der Waals surface area contributed by atoms with Crippen molar-refractivity contribution in [2.75, 3.05) is 47.8 Å². The van der Waals surface area contributed by atoms with Crippen molar-refractivity contribution in [1.82, 2.24) is 0 Å². The number of nitrogens with one attached hydrogen (secondary N) is 1. The van der Waals surface area contributed by atoms with Crippen LogP contribution in [0.25, 0.3) is 0 Å². The summed E-state index contributed by atoms with van der Waals surface area (Å²) in [6.45, 7) is 4.55. The van der Waals surface area contributed by atoms with Crippen LogP contribution in [0.3, 0.4) is 0 Å². The van der Waals surface area contributed by atoms with Gasteiger partial charge in [0.25, 0.3) is 10.0 Å². The maximum Gasteiger partial charge on any atom is 0.337 e. The van der Waals surface area contributed by atoms with E-state index in [0.29, 0.717) is 18.8 Å². The standard InChI is InChI=1S/C25H27N3O5S/c1-18-4-3-5-22(16-18)34(31,32)26-19-6-11-24(23(17-19)25(29)30)28-14-12-27(13-15-28)20-7-9-21(33-2)10-8-20/h3-11,16-17,26H,12-15H2,1-2H3,(H,29,30). The van der Waals surface area contributed by atoms with Crippen LogP contribution >= 0.6 is 0 Å². The maximum atomic E-state index is 12.8. The summed E-state index contributed by atoms with van der Waals surface area (Å²) < 4.78 is 33.2. The highest BCUT2D eigenvalue weighted by Gasteiger charge is 2.23. The SMILES string of the molecule is COc1ccc(N2CCN(c3ccc(NS(=O)(=O)c4cccc(C)c4)cc3C(=O)O)CC2)cc1. The highest BCUT2D eigenvalue weighted by Crippen LogP contribution is 2.28. The Labute approximate surface area is 199 Å². The number of benzene rings is 3. The van der Waals surface area contributed by atoms with Crippen molar-refractivity contribution in [2.45, 2.75) is 11.8 Å². The predicted octanol–water partition coefficient (Wildman–Crippen LogP) is 3.83. The molecular weight excluding hydrogens is 454 g/mol. The van der Waals surface area contributed by atoms with Crippen molar-refractivity contribution in [2.24, 2.45) is 0 Å². The maximum absolute atomic E-state index is 12.8. The molecule has 34 heavy (non-hydrogen) atoms. The molecule has 8 nitrogen and oxygen atoms in total. The summed E-state index contributed by atoms with van der Waals surface area (Å²) in [5, 5.41) is 9.83. The Morgan fingerprint density at radius 2 is 1.62 bits per heavy atom. The first kappa shape index (κ1) is 23.4. The topological polar surface area (TPSA) is 99.2 Å². The van der Waals surface area contributed by atoms with Crippen molar-refractivity contribution >= 4 is 33.1 Å². The van der Waals surface area contributed by atoms with Gasteiger partial charge in [-0.25, -0.2) is 13.2 Å². The molecule has 1 aliphatic heterocycles. The van der Waals surface area contributed by atoms with Crippen LogP contribution in [0.2, 0.25) is 0 Å². The fraction of sp³-hybridized carbons (Fsp3) is 0.240. The highest BCUT2D eigenvalue weighted by atomic mass is 32.2. The third-order valence-corrected chi connectivity index (χ3v) is 7.22. The summed E-state index contributed by atoms with van der Waals surface area (Å²) >= 11 is 0. The first-order valence-corrected chi connectivity index (χ1v) is 12.4. The Balaban J connectivity index is 1.50. The summed E-state index contributed by atoms with van der Waals surface area (Å²) in [5.41, 5.74) is 2.74. The second-order valence-corrected chi connectivity index (χ2v) is 9.81. The number of rotatable bonds is 7. The summed E-state index contributed by atoms with van der Waals surface area (Å²) in [5.74, 6) is -0.309. The molecule has 3 aromatic carbocycles. The second kappa shape index (κ2) is 9.64. The van der Waals surface area contributed by atoms with Crippen LogP contribution in [-0.2, 0) is 10.0 Å². The third kappa shape index (κ3) is 5.09. The predicted molar refractivity (Wildman–Crippen MR) is 133 cm³/mol. The Morgan fingerprint density at radius 1 is 0.941 bits per heavy atom. The van der Waals surface area contributed by atoms with Crippen LogP contribution in [-0.4, -0.2) is 52.8 Å². The number of aromatic carboxylic acids is 1. The first-order valence-electron chi connectivity index (χ1n) is 10.9. The minimum Gasteiger partial charge on any atom is -0.497 e. The summed E-state index contributed by atoms with van der Waals surface area (Å²) in [6.07, 6.45) is 0. The smallest absolute Gasteiger partial charge is 0.337 e. The van der Waals surface area contributed by atoms with Crippen LogP contribution in [0.5, 0.6) is 5.75 Å². The molecule has 2 N–H and O–H groups in total. The molecule has 1 heterocycles. The lowest BCUT2D eigenvalue weighted by Crippen LogP contribution is -2.47. The normalized spacial score (nSPS) is 14.1. The molecule has 0 aromatic heterocycles. The molecule has 0 atom stereocenters. The number of carboxylic acids is 1. The number of aryl methyl sites for hydroxylation is 1. The fourth-order valence-electron chi connectivity index (χ4n) is 4.04. The highest BCUT2D eigenvalue weighted by molar-refractivity contribution is 7.92. The van der Waals surface area contributed by atoms with E-state index >= 15 is 0 Å². The molecule has 9 heteroatoms. The van der Waals surface area contributed by atoms with E-state index in [1.807, 2.05) is 42.2 Å². The van der Waals surface area contributed by atoms with Gasteiger partial charge < -0.3 is 19.6 Å². The molecule has 0 unspecified atom stereocenters. The second-order valence-electron chi connectivity index (χ2n) is 8.13. The quantitative estimate of drug-likeness (QED) is 0.529. The summed E-state index contributed by atoms with van der Waals surface area (Å²) in [4.78, 5) is 16.4. The lowest BCUT2D eigenvalue weighted by atomic mass is 10.1. The largest absolute Gasteiger partial charge is 0.497 e. The molecule has 178 valence electrons. The number of nitrogens with zero attached hydrogens (tertiary/aromatic N) is 2. The Morgan fingerprint density at radius 3 is 2.24 bits per heavy atom. The number of carboxylic acid groups (broad SMARTS) is 1. The third-order valence-electron chi connectivity index (χ3n) is 5.84. The van der Waals surface area contributed by atoms with Gasteiger partial charge in [-0.3, -0.25) is 4.72 Å². The molecule has 1 fully saturated rings. The molecule has 4 rings (SSSR count). The van der Waals surface area contributed by atoms with Gasteiger partial charge in [0.2, 0.25) is 0 Å². The molecule has 0 bridgehead atoms. The van der Waals surface area contributed by atoms with Crippen LogP contribution in [0.4, 0.5) is 17.1 Å². The zero-order valence-corrected chi connectivity index (χ0v) is 19.9. The molecule has 1 saturated heterocycles.